The van der Waals surface area contributed by atoms with E-state index in [0.29, 0.717) is 12.0 Å². The van der Waals surface area contributed by atoms with Crippen molar-refractivity contribution in [1.29, 1.82) is 0 Å². The molecule has 1 aromatic carbocycles. The van der Waals surface area contributed by atoms with Crippen LogP contribution in [0.3, 0.4) is 0 Å². The molecular formula is C14H19BrINO. The molecule has 2 rings (SSSR count). The van der Waals surface area contributed by atoms with Crippen molar-refractivity contribution in [3.63, 3.8) is 0 Å². The number of ether oxygens (including phenoxy) is 1. The van der Waals surface area contributed by atoms with Crippen LogP contribution in [0.4, 0.5) is 0 Å². The van der Waals surface area contributed by atoms with Gasteiger partial charge >= 0.3 is 0 Å². The molecule has 1 N–H and O–H groups in total. The van der Waals surface area contributed by atoms with Crippen LogP contribution in [0.1, 0.15) is 31.4 Å². The van der Waals surface area contributed by atoms with Gasteiger partial charge < -0.3 is 10.1 Å². The molecule has 1 aromatic rings. The summed E-state index contributed by atoms with van der Waals surface area (Å²) < 4.78 is 8.04. The Morgan fingerprint density at radius 1 is 1.56 bits per heavy atom. The van der Waals surface area contributed by atoms with E-state index in [1.807, 2.05) is 0 Å². The first-order chi connectivity index (χ1) is 8.72. The summed E-state index contributed by atoms with van der Waals surface area (Å²) in [5, 5.41) is 3.68. The molecule has 0 radical (unpaired) electrons. The highest BCUT2D eigenvalue weighted by molar-refractivity contribution is 14.1. The van der Waals surface area contributed by atoms with Gasteiger partial charge in [0.15, 0.2) is 0 Å². The van der Waals surface area contributed by atoms with E-state index < -0.39 is 0 Å². The topological polar surface area (TPSA) is 21.3 Å². The quantitative estimate of drug-likeness (QED) is 0.719. The van der Waals surface area contributed by atoms with Gasteiger partial charge in [-0.3, -0.25) is 0 Å². The molecule has 1 fully saturated rings. The molecule has 1 saturated heterocycles. The Morgan fingerprint density at radius 2 is 2.39 bits per heavy atom. The predicted molar refractivity (Wildman–Crippen MR) is 86.8 cm³/mol. The van der Waals surface area contributed by atoms with E-state index in [0.717, 1.165) is 32.6 Å². The number of rotatable bonds is 5. The zero-order valence-electron chi connectivity index (χ0n) is 10.6. The van der Waals surface area contributed by atoms with Crippen molar-refractivity contribution in [3.05, 3.63) is 31.8 Å². The maximum Gasteiger partial charge on any atom is 0.0513 e. The largest absolute Gasteiger partial charge is 0.381 e. The maximum absolute atomic E-state index is 5.55. The van der Waals surface area contributed by atoms with Crippen molar-refractivity contribution < 1.29 is 4.74 Å². The highest BCUT2D eigenvalue weighted by atomic mass is 127. The summed E-state index contributed by atoms with van der Waals surface area (Å²) in [6, 6.07) is 6.96. The Kier molecular flexibility index (Phi) is 5.92. The molecule has 2 nitrogen and oxygen atoms in total. The number of benzene rings is 1. The molecule has 0 aliphatic carbocycles. The molecule has 0 bridgehead atoms. The number of hydrogen-bond donors (Lipinski definition) is 1. The van der Waals surface area contributed by atoms with Crippen LogP contribution in [0.2, 0.25) is 0 Å². The van der Waals surface area contributed by atoms with Crippen LogP contribution in [0.25, 0.3) is 0 Å². The Morgan fingerprint density at radius 3 is 3.06 bits per heavy atom. The first-order valence-corrected chi connectivity index (χ1v) is 8.35. The lowest BCUT2D eigenvalue weighted by Gasteiger charge is -2.25. The second kappa shape index (κ2) is 7.22. The summed E-state index contributed by atoms with van der Waals surface area (Å²) in [5.74, 6) is 0.589. The van der Waals surface area contributed by atoms with E-state index >= 15 is 0 Å². The lowest BCUT2D eigenvalue weighted by Crippen LogP contribution is -2.29. The highest BCUT2D eigenvalue weighted by Gasteiger charge is 2.27. The highest BCUT2D eigenvalue weighted by Crippen LogP contribution is 2.34. The van der Waals surface area contributed by atoms with Gasteiger partial charge in [0.05, 0.1) is 6.61 Å². The Hall–Kier alpha value is 0.350. The molecule has 1 aliphatic rings. The smallest absolute Gasteiger partial charge is 0.0513 e. The van der Waals surface area contributed by atoms with Crippen LogP contribution in [-0.4, -0.2) is 19.8 Å². The van der Waals surface area contributed by atoms with Gasteiger partial charge in [0.25, 0.3) is 0 Å². The van der Waals surface area contributed by atoms with Crippen LogP contribution in [-0.2, 0) is 4.74 Å². The standard InChI is InChI=1S/C14H19BrINO/c1-2-6-17-14(10-5-7-18-9-10)12-8-11(16)3-4-13(12)15/h3-4,8,10,14,17H,2,5-7,9H2,1H3. The van der Waals surface area contributed by atoms with E-state index in [-0.39, 0.29) is 0 Å². The fourth-order valence-electron chi connectivity index (χ4n) is 2.40. The maximum atomic E-state index is 5.55. The zero-order chi connectivity index (χ0) is 13.0. The van der Waals surface area contributed by atoms with Crippen LogP contribution >= 0.6 is 38.5 Å². The molecule has 1 heterocycles. The molecule has 2 unspecified atom stereocenters. The SMILES string of the molecule is CCCNC(c1cc(I)ccc1Br)C1CCOC1. The van der Waals surface area contributed by atoms with Crippen molar-refractivity contribution in [2.24, 2.45) is 5.92 Å². The van der Waals surface area contributed by atoms with Crippen LogP contribution < -0.4 is 5.32 Å². The van der Waals surface area contributed by atoms with Gasteiger partial charge in [-0.1, -0.05) is 22.9 Å². The molecule has 4 heteroatoms. The van der Waals surface area contributed by atoms with Crippen molar-refractivity contribution in [2.45, 2.75) is 25.8 Å². The lowest BCUT2D eigenvalue weighted by molar-refractivity contribution is 0.176. The average molecular weight is 424 g/mol. The Balaban J connectivity index is 2.23. The average Bonchev–Trinajstić information content (AvgIpc) is 2.88. The third-order valence-electron chi connectivity index (χ3n) is 3.34. The number of nitrogens with one attached hydrogen (secondary N) is 1. The normalized spacial score (nSPS) is 21.2. The van der Waals surface area contributed by atoms with E-state index in [9.17, 15) is 0 Å². The predicted octanol–water partition coefficient (Wildman–Crippen LogP) is 4.13. The van der Waals surface area contributed by atoms with Crippen molar-refractivity contribution in [1.82, 2.24) is 5.32 Å². The van der Waals surface area contributed by atoms with Gasteiger partial charge in [0, 0.05) is 26.6 Å². The molecule has 100 valence electrons. The third-order valence-corrected chi connectivity index (χ3v) is 4.74. The minimum atomic E-state index is 0.400. The molecule has 0 spiro atoms. The van der Waals surface area contributed by atoms with Crippen molar-refractivity contribution >= 4 is 38.5 Å². The van der Waals surface area contributed by atoms with Crippen LogP contribution in [0.5, 0.6) is 0 Å². The monoisotopic (exact) mass is 423 g/mol. The summed E-state index contributed by atoms with van der Waals surface area (Å²) in [5.41, 5.74) is 1.37. The van der Waals surface area contributed by atoms with Gasteiger partial charge in [-0.2, -0.15) is 0 Å². The summed E-state index contributed by atoms with van der Waals surface area (Å²) in [6.45, 7) is 5.04. The summed E-state index contributed by atoms with van der Waals surface area (Å²) in [6.07, 6.45) is 2.31. The third kappa shape index (κ3) is 3.68. The van der Waals surface area contributed by atoms with Gasteiger partial charge in [0.1, 0.15) is 0 Å². The molecule has 2 atom stereocenters. The second-order valence-corrected chi connectivity index (χ2v) is 6.82. The van der Waals surface area contributed by atoms with Gasteiger partial charge in [-0.05, 0) is 65.7 Å². The molecule has 0 saturated carbocycles. The van der Waals surface area contributed by atoms with Crippen molar-refractivity contribution in [3.8, 4) is 0 Å². The zero-order valence-corrected chi connectivity index (χ0v) is 14.3. The minimum Gasteiger partial charge on any atom is -0.381 e. The van der Waals surface area contributed by atoms with Crippen LogP contribution in [0.15, 0.2) is 22.7 Å². The summed E-state index contributed by atoms with van der Waals surface area (Å²) in [4.78, 5) is 0. The Bertz CT molecular complexity index is 393. The van der Waals surface area contributed by atoms with E-state index in [2.05, 4.69) is 69.0 Å². The Labute approximate surface area is 131 Å². The van der Waals surface area contributed by atoms with Gasteiger partial charge in [-0.15, -0.1) is 0 Å². The van der Waals surface area contributed by atoms with Gasteiger partial charge in [0.2, 0.25) is 0 Å². The minimum absolute atomic E-state index is 0.400. The van der Waals surface area contributed by atoms with E-state index in [1.54, 1.807) is 0 Å². The fraction of sp³-hybridized carbons (Fsp3) is 0.571. The van der Waals surface area contributed by atoms with E-state index in [1.165, 1.54) is 13.6 Å². The first-order valence-electron chi connectivity index (χ1n) is 6.48. The lowest BCUT2D eigenvalue weighted by atomic mass is 9.92. The molecular weight excluding hydrogens is 405 g/mol. The molecule has 0 amide bonds. The molecule has 18 heavy (non-hydrogen) atoms. The summed E-state index contributed by atoms with van der Waals surface area (Å²) >= 11 is 6.06. The first kappa shape index (κ1) is 14.8. The fourth-order valence-corrected chi connectivity index (χ4v) is 3.41. The summed E-state index contributed by atoms with van der Waals surface area (Å²) in [7, 11) is 0. The second-order valence-electron chi connectivity index (χ2n) is 4.72. The van der Waals surface area contributed by atoms with Gasteiger partial charge in [-0.25, -0.2) is 0 Å². The molecule has 1 aliphatic heterocycles. The number of hydrogen-bond acceptors (Lipinski definition) is 2. The number of halogens is 2. The molecule has 0 aromatic heterocycles. The van der Waals surface area contributed by atoms with E-state index in [4.69, 9.17) is 4.74 Å². The van der Waals surface area contributed by atoms with Crippen molar-refractivity contribution in [2.75, 3.05) is 19.8 Å². The van der Waals surface area contributed by atoms with Crippen LogP contribution in [0, 0.1) is 9.49 Å².